The monoisotopic (exact) mass is 393 g/mol. The van der Waals surface area contributed by atoms with Crippen molar-refractivity contribution in [1.82, 2.24) is 10.6 Å². The molecule has 7 nitrogen and oxygen atoms in total. The van der Waals surface area contributed by atoms with Gasteiger partial charge in [-0.05, 0) is 25.1 Å². The number of amides is 1. The van der Waals surface area contributed by atoms with Crippen molar-refractivity contribution in [3.8, 4) is 6.07 Å². The fourth-order valence-corrected chi connectivity index (χ4v) is 4.41. The molecule has 0 radical (unpaired) electrons. The maximum Gasteiger partial charge on any atom is 0.334 e. The lowest BCUT2D eigenvalue weighted by atomic mass is 9.68. The zero-order chi connectivity index (χ0) is 19.9. The van der Waals surface area contributed by atoms with Crippen LogP contribution in [0.15, 0.2) is 0 Å². The van der Waals surface area contributed by atoms with Crippen LogP contribution < -0.4 is 10.6 Å². The summed E-state index contributed by atoms with van der Waals surface area (Å²) in [6.45, 7) is 0. The van der Waals surface area contributed by atoms with Gasteiger partial charge in [-0.3, -0.25) is 9.59 Å². The fraction of sp³-hybridized carbons (Fsp3) is 0.737. The highest BCUT2D eigenvalue weighted by atomic mass is 32.1. The van der Waals surface area contributed by atoms with E-state index in [4.69, 9.17) is 17.0 Å². The number of methoxy groups -OCH3 is 1. The van der Waals surface area contributed by atoms with Crippen LogP contribution in [0.5, 0.6) is 0 Å². The summed E-state index contributed by atoms with van der Waals surface area (Å²) in [5.41, 5.74) is -1.77. The molecule has 8 heteroatoms. The molecule has 1 saturated heterocycles. The number of Topliss-reactive ketones (excluding diaryl/α,β-unsaturated/α-hetero) is 1. The molecule has 1 amide bonds. The number of ketones is 1. The van der Waals surface area contributed by atoms with E-state index in [1.165, 1.54) is 13.5 Å². The SMILES string of the molecule is COC(=O)C1(C2CCCCCCCCCCC2=O)NC(=S)NC(=O)C1C#N. The highest BCUT2D eigenvalue weighted by Crippen LogP contribution is 2.36. The molecule has 148 valence electrons. The molecule has 1 heterocycles. The van der Waals surface area contributed by atoms with Gasteiger partial charge in [0, 0.05) is 6.42 Å². The second kappa shape index (κ2) is 9.79. The first-order chi connectivity index (χ1) is 13.0. The zero-order valence-electron chi connectivity index (χ0n) is 15.7. The van der Waals surface area contributed by atoms with Gasteiger partial charge in [-0.1, -0.05) is 44.9 Å². The maximum atomic E-state index is 13.1. The molecular weight excluding hydrogens is 366 g/mol. The van der Waals surface area contributed by atoms with Crippen molar-refractivity contribution >= 4 is 35.0 Å². The van der Waals surface area contributed by atoms with E-state index in [-0.39, 0.29) is 10.9 Å². The smallest absolute Gasteiger partial charge is 0.334 e. The number of carbonyl (C=O) groups is 3. The van der Waals surface area contributed by atoms with Crippen LogP contribution >= 0.6 is 12.2 Å². The number of ether oxygens (including phenoxy) is 1. The number of rotatable bonds is 2. The van der Waals surface area contributed by atoms with Crippen LogP contribution in [0, 0.1) is 23.2 Å². The number of hydrogen-bond donors (Lipinski definition) is 2. The van der Waals surface area contributed by atoms with Crippen LogP contribution in [-0.4, -0.2) is 35.4 Å². The van der Waals surface area contributed by atoms with E-state index in [9.17, 15) is 19.6 Å². The number of esters is 1. The molecule has 3 atom stereocenters. The highest BCUT2D eigenvalue weighted by Gasteiger charge is 2.60. The fourth-order valence-electron chi connectivity index (χ4n) is 4.14. The molecule has 0 aromatic carbocycles. The second-order valence-electron chi connectivity index (χ2n) is 7.25. The summed E-state index contributed by atoms with van der Waals surface area (Å²) in [6.07, 6.45) is 8.59. The lowest BCUT2D eigenvalue weighted by molar-refractivity contribution is -0.159. The van der Waals surface area contributed by atoms with Gasteiger partial charge < -0.3 is 15.4 Å². The van der Waals surface area contributed by atoms with Crippen LogP contribution in [-0.2, 0) is 19.1 Å². The first kappa shape index (κ1) is 21.3. The number of carbonyl (C=O) groups excluding carboxylic acids is 3. The first-order valence-electron chi connectivity index (χ1n) is 9.61. The normalized spacial score (nSPS) is 30.7. The van der Waals surface area contributed by atoms with Crippen LogP contribution in [0.3, 0.4) is 0 Å². The average Bonchev–Trinajstić information content (AvgIpc) is 2.63. The third kappa shape index (κ3) is 4.64. The molecule has 2 aliphatic rings. The molecule has 1 aliphatic heterocycles. The lowest BCUT2D eigenvalue weighted by Crippen LogP contribution is -2.73. The number of thiocarbonyl (C=S) groups is 1. The Kier molecular flexibility index (Phi) is 7.72. The molecule has 1 saturated carbocycles. The van der Waals surface area contributed by atoms with Gasteiger partial charge in [-0.15, -0.1) is 0 Å². The summed E-state index contributed by atoms with van der Waals surface area (Å²) >= 11 is 5.08. The molecule has 2 N–H and O–H groups in total. The maximum absolute atomic E-state index is 13.1. The Labute approximate surface area is 165 Å². The minimum absolute atomic E-state index is 0.0594. The minimum atomic E-state index is -1.77. The van der Waals surface area contributed by atoms with E-state index in [2.05, 4.69) is 10.6 Å². The molecule has 0 spiro atoms. The summed E-state index contributed by atoms with van der Waals surface area (Å²) in [7, 11) is 1.19. The lowest BCUT2D eigenvalue weighted by Gasteiger charge is -2.44. The van der Waals surface area contributed by atoms with E-state index >= 15 is 0 Å². The summed E-state index contributed by atoms with van der Waals surface area (Å²) in [5.74, 6) is -3.81. The Morgan fingerprint density at radius 1 is 1.15 bits per heavy atom. The molecular formula is C19H27N3O4S. The van der Waals surface area contributed by atoms with Crippen molar-refractivity contribution in [2.75, 3.05) is 7.11 Å². The Morgan fingerprint density at radius 3 is 2.33 bits per heavy atom. The van der Waals surface area contributed by atoms with Gasteiger partial charge >= 0.3 is 5.97 Å². The zero-order valence-corrected chi connectivity index (χ0v) is 16.5. The van der Waals surface area contributed by atoms with E-state index < -0.39 is 29.3 Å². The van der Waals surface area contributed by atoms with Crippen molar-refractivity contribution in [3.05, 3.63) is 0 Å². The van der Waals surface area contributed by atoms with Gasteiger partial charge in [0.05, 0.1) is 19.1 Å². The van der Waals surface area contributed by atoms with Crippen LogP contribution in [0.25, 0.3) is 0 Å². The molecule has 27 heavy (non-hydrogen) atoms. The number of nitrogens with one attached hydrogen (secondary N) is 2. The van der Waals surface area contributed by atoms with Crippen molar-refractivity contribution in [3.63, 3.8) is 0 Å². The Bertz CT molecular complexity index is 645. The number of hydrogen-bond acceptors (Lipinski definition) is 6. The predicted molar refractivity (Wildman–Crippen MR) is 102 cm³/mol. The van der Waals surface area contributed by atoms with Gasteiger partial charge in [0.2, 0.25) is 5.91 Å². The minimum Gasteiger partial charge on any atom is -0.467 e. The molecule has 0 bridgehead atoms. The van der Waals surface area contributed by atoms with Crippen LogP contribution in [0.2, 0.25) is 0 Å². The topological polar surface area (TPSA) is 108 Å². The van der Waals surface area contributed by atoms with Gasteiger partial charge in [0.1, 0.15) is 5.78 Å². The number of nitriles is 1. The Hall–Kier alpha value is -2.01. The molecule has 2 fully saturated rings. The van der Waals surface area contributed by atoms with E-state index in [1.807, 2.05) is 6.07 Å². The van der Waals surface area contributed by atoms with E-state index in [1.54, 1.807) is 0 Å². The first-order valence-corrected chi connectivity index (χ1v) is 10.0. The third-order valence-corrected chi connectivity index (χ3v) is 5.74. The van der Waals surface area contributed by atoms with Gasteiger partial charge in [0.15, 0.2) is 16.6 Å². The average molecular weight is 394 g/mol. The molecule has 2 rings (SSSR count). The molecule has 0 aromatic rings. The third-order valence-electron chi connectivity index (χ3n) is 5.53. The summed E-state index contributed by atoms with van der Waals surface area (Å²) in [4.78, 5) is 38.4. The summed E-state index contributed by atoms with van der Waals surface area (Å²) in [5, 5.41) is 14.8. The van der Waals surface area contributed by atoms with Crippen molar-refractivity contribution in [1.29, 1.82) is 5.26 Å². The predicted octanol–water partition coefficient (Wildman–Crippen LogP) is 2.14. The quantitative estimate of drug-likeness (QED) is 0.546. The van der Waals surface area contributed by atoms with Crippen molar-refractivity contribution in [2.45, 2.75) is 69.7 Å². The summed E-state index contributed by atoms with van der Waals surface area (Å²) < 4.78 is 4.95. The van der Waals surface area contributed by atoms with Crippen LogP contribution in [0.1, 0.15) is 64.2 Å². The van der Waals surface area contributed by atoms with E-state index in [0.717, 1.165) is 44.9 Å². The standard InChI is InChI=1S/C19H27N3O4S/c1-26-17(25)19(14(12-20)16(24)21-18(27)22-19)13-10-8-6-4-2-3-5-7-9-11-15(13)23/h13-14H,2-11H2,1H3,(H2,21,22,24,27). The second-order valence-corrected chi connectivity index (χ2v) is 7.66. The highest BCUT2D eigenvalue weighted by molar-refractivity contribution is 7.80. The molecule has 1 aliphatic carbocycles. The Morgan fingerprint density at radius 2 is 1.74 bits per heavy atom. The van der Waals surface area contributed by atoms with Gasteiger partial charge in [-0.2, -0.15) is 5.26 Å². The van der Waals surface area contributed by atoms with Crippen LogP contribution in [0.4, 0.5) is 0 Å². The Balaban J connectivity index is 2.44. The largest absolute Gasteiger partial charge is 0.467 e. The van der Waals surface area contributed by atoms with Gasteiger partial charge in [0.25, 0.3) is 0 Å². The summed E-state index contributed by atoms with van der Waals surface area (Å²) in [6, 6.07) is 1.90. The van der Waals surface area contributed by atoms with Gasteiger partial charge in [-0.25, -0.2) is 4.79 Å². The van der Waals surface area contributed by atoms with Crippen molar-refractivity contribution in [2.24, 2.45) is 11.8 Å². The van der Waals surface area contributed by atoms with E-state index in [0.29, 0.717) is 12.8 Å². The number of nitrogens with zero attached hydrogens (tertiary/aromatic N) is 1. The molecule has 3 unspecified atom stereocenters. The molecule has 0 aromatic heterocycles. The van der Waals surface area contributed by atoms with Crippen molar-refractivity contribution < 1.29 is 19.1 Å².